The first kappa shape index (κ1) is 76.1. The zero-order valence-electron chi connectivity index (χ0n) is 52.6. The van der Waals surface area contributed by atoms with Crippen molar-refractivity contribution in [1.29, 1.82) is 0 Å². The Hall–Kier alpha value is -3.93. The lowest BCUT2D eigenvalue weighted by Gasteiger charge is -2.18. The van der Waals surface area contributed by atoms with Gasteiger partial charge in [0.15, 0.2) is 6.10 Å². The van der Waals surface area contributed by atoms with Gasteiger partial charge in [0.1, 0.15) is 13.2 Å². The second-order valence-electron chi connectivity index (χ2n) is 22.3. The molecular weight excluding hydrogens is 985 g/mol. The van der Waals surface area contributed by atoms with E-state index in [1.54, 1.807) is 0 Å². The van der Waals surface area contributed by atoms with Crippen LogP contribution < -0.4 is 0 Å². The summed E-state index contributed by atoms with van der Waals surface area (Å²) < 4.78 is 16.9. The molecule has 458 valence electrons. The first-order valence-corrected chi connectivity index (χ1v) is 33.9. The summed E-state index contributed by atoms with van der Waals surface area (Å²) >= 11 is 0. The van der Waals surface area contributed by atoms with Gasteiger partial charge in [0.2, 0.25) is 0 Å². The van der Waals surface area contributed by atoms with Crippen molar-refractivity contribution in [3.8, 4) is 0 Å². The Kier molecular flexibility index (Phi) is 64.3. The molecule has 0 aliphatic heterocycles. The van der Waals surface area contributed by atoms with Crippen molar-refractivity contribution in [1.82, 2.24) is 0 Å². The minimum atomic E-state index is -0.791. The van der Waals surface area contributed by atoms with E-state index < -0.39 is 6.10 Å². The summed E-state index contributed by atoms with van der Waals surface area (Å²) in [5.41, 5.74) is 0. The van der Waals surface area contributed by atoms with E-state index in [2.05, 4.69) is 130 Å². The molecule has 80 heavy (non-hydrogen) atoms. The SMILES string of the molecule is CC/C=C\C/C=C\C/C=C\C/C=C\CCCCCCCCCCCCCCCCCCC(=O)OCC(COC(=O)CCCCCCC/C=C\CCCCCCC)OC(=O)CCCCCCCC/C=C\C/C=C\C/C=C\C/C=C\CC. The van der Waals surface area contributed by atoms with Crippen LogP contribution in [0, 0.1) is 0 Å². The van der Waals surface area contributed by atoms with Crippen LogP contribution in [0.4, 0.5) is 0 Å². The number of esters is 3. The van der Waals surface area contributed by atoms with Crippen molar-refractivity contribution < 1.29 is 28.6 Å². The molecule has 0 bridgehead atoms. The summed E-state index contributed by atoms with van der Waals surface area (Å²) in [6.45, 7) is 6.42. The number of allylic oxidation sites excluding steroid dienone is 18. The monoisotopic (exact) mass is 1110 g/mol. The molecule has 6 heteroatoms. The molecule has 0 spiro atoms. The third-order valence-electron chi connectivity index (χ3n) is 14.5. The molecule has 0 radical (unpaired) electrons. The Morgan fingerprint density at radius 2 is 0.487 bits per heavy atom. The second-order valence-corrected chi connectivity index (χ2v) is 22.3. The molecule has 0 aromatic heterocycles. The molecular formula is C74H126O6. The van der Waals surface area contributed by atoms with Crippen LogP contribution in [0.5, 0.6) is 0 Å². The minimum Gasteiger partial charge on any atom is -0.462 e. The van der Waals surface area contributed by atoms with Crippen molar-refractivity contribution >= 4 is 17.9 Å². The maximum absolute atomic E-state index is 12.9. The standard InChI is InChI=1S/C74H126O6/c1-4-7-10-13-16-19-22-25-28-30-32-33-34-35-36-37-38-39-40-41-43-44-46-49-52-55-58-61-64-67-73(76)79-70-71(69-78-72(75)66-63-60-57-54-51-48-27-24-21-18-15-12-9-6-3)80-74(77)68-65-62-59-56-53-50-47-45-42-31-29-26-23-20-17-14-11-8-5-2/h7-8,10-11,16-17,19-20,24-29,32-33,42,45,71H,4-6,9,12-15,18,21-23,30-31,34-41,43-44,46-70H2,1-3H3/b10-7-,11-8-,19-16-,20-17-,27-24-,28-25-,29-26-,33-32-,45-42-. The van der Waals surface area contributed by atoms with Gasteiger partial charge in [0.25, 0.3) is 0 Å². The fraction of sp³-hybridized carbons (Fsp3) is 0.716. The third kappa shape index (κ3) is 64.9. The van der Waals surface area contributed by atoms with Crippen molar-refractivity contribution in [2.75, 3.05) is 13.2 Å². The zero-order chi connectivity index (χ0) is 57.8. The van der Waals surface area contributed by atoms with Gasteiger partial charge in [0, 0.05) is 19.3 Å². The van der Waals surface area contributed by atoms with Crippen molar-refractivity contribution in [2.45, 2.75) is 329 Å². The Morgan fingerprint density at radius 1 is 0.263 bits per heavy atom. The van der Waals surface area contributed by atoms with Gasteiger partial charge in [-0.2, -0.15) is 0 Å². The Bertz CT molecular complexity index is 1610. The normalized spacial score (nSPS) is 12.8. The van der Waals surface area contributed by atoms with Gasteiger partial charge in [0.05, 0.1) is 0 Å². The van der Waals surface area contributed by atoms with Crippen LogP contribution in [0.25, 0.3) is 0 Å². The third-order valence-corrected chi connectivity index (χ3v) is 14.5. The van der Waals surface area contributed by atoms with E-state index in [1.165, 1.54) is 154 Å². The molecule has 0 heterocycles. The van der Waals surface area contributed by atoms with Crippen molar-refractivity contribution in [3.05, 3.63) is 109 Å². The van der Waals surface area contributed by atoms with Crippen molar-refractivity contribution in [2.24, 2.45) is 0 Å². The number of ether oxygens (including phenoxy) is 3. The molecule has 0 N–H and O–H groups in total. The number of unbranched alkanes of at least 4 members (excludes halogenated alkanes) is 32. The average Bonchev–Trinajstić information content (AvgIpc) is 3.46. The Morgan fingerprint density at radius 3 is 0.775 bits per heavy atom. The summed E-state index contributed by atoms with van der Waals surface area (Å²) in [5, 5.41) is 0. The van der Waals surface area contributed by atoms with E-state index in [0.717, 1.165) is 128 Å². The molecule has 0 aliphatic carbocycles. The summed E-state index contributed by atoms with van der Waals surface area (Å²) in [7, 11) is 0. The molecule has 1 unspecified atom stereocenters. The predicted molar refractivity (Wildman–Crippen MR) is 348 cm³/mol. The summed E-state index contributed by atoms with van der Waals surface area (Å²) in [6.07, 6.45) is 92.5. The maximum Gasteiger partial charge on any atom is 0.306 e. The van der Waals surface area contributed by atoms with Gasteiger partial charge in [-0.1, -0.05) is 291 Å². The van der Waals surface area contributed by atoms with Crippen LogP contribution in [0.2, 0.25) is 0 Å². The van der Waals surface area contributed by atoms with Crippen LogP contribution in [0.15, 0.2) is 109 Å². The Labute approximate surface area is 495 Å². The molecule has 0 amide bonds. The van der Waals surface area contributed by atoms with E-state index in [9.17, 15) is 14.4 Å². The first-order valence-electron chi connectivity index (χ1n) is 33.9. The van der Waals surface area contributed by atoms with Gasteiger partial charge in [-0.15, -0.1) is 0 Å². The fourth-order valence-corrected chi connectivity index (χ4v) is 9.48. The quantitative estimate of drug-likeness (QED) is 0.0261. The van der Waals surface area contributed by atoms with E-state index in [4.69, 9.17) is 14.2 Å². The molecule has 0 rings (SSSR count). The smallest absolute Gasteiger partial charge is 0.306 e. The summed E-state index contributed by atoms with van der Waals surface area (Å²) in [5.74, 6) is -0.897. The highest BCUT2D eigenvalue weighted by atomic mass is 16.6. The van der Waals surface area contributed by atoms with E-state index in [-0.39, 0.29) is 31.1 Å². The maximum atomic E-state index is 12.9. The van der Waals surface area contributed by atoms with Gasteiger partial charge in [-0.05, 0) is 122 Å². The van der Waals surface area contributed by atoms with E-state index in [1.807, 2.05) is 0 Å². The lowest BCUT2D eigenvalue weighted by molar-refractivity contribution is -0.167. The van der Waals surface area contributed by atoms with Crippen molar-refractivity contribution in [3.63, 3.8) is 0 Å². The minimum absolute atomic E-state index is 0.0851. The number of carbonyl (C=O) groups is 3. The van der Waals surface area contributed by atoms with Gasteiger partial charge in [-0.3, -0.25) is 14.4 Å². The highest BCUT2D eigenvalue weighted by Crippen LogP contribution is 2.17. The topological polar surface area (TPSA) is 78.9 Å². The highest BCUT2D eigenvalue weighted by molar-refractivity contribution is 5.71. The van der Waals surface area contributed by atoms with Gasteiger partial charge < -0.3 is 14.2 Å². The number of carbonyl (C=O) groups excluding carboxylic acids is 3. The van der Waals surface area contributed by atoms with Crippen LogP contribution in [-0.2, 0) is 28.6 Å². The lowest BCUT2D eigenvalue weighted by atomic mass is 10.0. The molecule has 6 nitrogen and oxygen atoms in total. The molecule has 0 aliphatic rings. The lowest BCUT2D eigenvalue weighted by Crippen LogP contribution is -2.30. The number of hydrogen-bond donors (Lipinski definition) is 0. The highest BCUT2D eigenvalue weighted by Gasteiger charge is 2.19. The predicted octanol–water partition coefficient (Wildman–Crippen LogP) is 23.4. The fourth-order valence-electron chi connectivity index (χ4n) is 9.48. The summed E-state index contributed by atoms with van der Waals surface area (Å²) in [4.78, 5) is 38.4. The molecule has 0 saturated heterocycles. The average molecular weight is 1110 g/mol. The van der Waals surface area contributed by atoms with Gasteiger partial charge in [-0.25, -0.2) is 0 Å². The zero-order valence-corrected chi connectivity index (χ0v) is 52.6. The van der Waals surface area contributed by atoms with Crippen LogP contribution in [-0.4, -0.2) is 37.2 Å². The molecule has 0 saturated carbocycles. The largest absolute Gasteiger partial charge is 0.462 e. The van der Waals surface area contributed by atoms with Gasteiger partial charge >= 0.3 is 17.9 Å². The second kappa shape index (κ2) is 67.6. The van der Waals surface area contributed by atoms with E-state index in [0.29, 0.717) is 19.3 Å². The first-order chi connectivity index (χ1) is 39.5. The molecule has 0 fully saturated rings. The van der Waals surface area contributed by atoms with Crippen LogP contribution in [0.1, 0.15) is 323 Å². The van der Waals surface area contributed by atoms with Crippen LogP contribution >= 0.6 is 0 Å². The summed E-state index contributed by atoms with van der Waals surface area (Å²) in [6, 6.07) is 0. The Balaban J connectivity index is 4.28. The molecule has 1 atom stereocenters. The molecule has 0 aromatic carbocycles. The number of rotatable bonds is 61. The van der Waals surface area contributed by atoms with E-state index >= 15 is 0 Å². The molecule has 0 aromatic rings. The van der Waals surface area contributed by atoms with Crippen LogP contribution in [0.3, 0.4) is 0 Å². The number of hydrogen-bond acceptors (Lipinski definition) is 6.